The van der Waals surface area contributed by atoms with E-state index >= 15 is 0 Å². The van der Waals surface area contributed by atoms with E-state index in [0.29, 0.717) is 25.9 Å². The normalized spacial score (nSPS) is 16.2. The van der Waals surface area contributed by atoms with Gasteiger partial charge in [0.1, 0.15) is 0 Å². The number of pyridine rings is 1. The van der Waals surface area contributed by atoms with Gasteiger partial charge in [0, 0.05) is 38.3 Å². The molecule has 0 saturated carbocycles. The van der Waals surface area contributed by atoms with Gasteiger partial charge >= 0.3 is 0 Å². The van der Waals surface area contributed by atoms with Crippen molar-refractivity contribution in [3.05, 3.63) is 65.5 Å². The number of fused-ring (bicyclic) bond motifs is 1. The lowest BCUT2D eigenvalue weighted by molar-refractivity contribution is -0.133. The fraction of sp³-hybridized carbons (Fsp3) is 0.350. The van der Waals surface area contributed by atoms with Crippen LogP contribution in [0.4, 0.5) is 0 Å². The van der Waals surface area contributed by atoms with Crippen molar-refractivity contribution < 1.29 is 9.59 Å². The van der Waals surface area contributed by atoms with Gasteiger partial charge in [-0.1, -0.05) is 30.3 Å². The van der Waals surface area contributed by atoms with E-state index in [1.165, 1.54) is 5.56 Å². The molecule has 5 heteroatoms. The molecule has 1 aromatic heterocycles. The smallest absolute Gasteiger partial charge is 0.222 e. The highest BCUT2D eigenvalue weighted by Gasteiger charge is 2.30. The predicted molar refractivity (Wildman–Crippen MR) is 95.8 cm³/mol. The van der Waals surface area contributed by atoms with Crippen LogP contribution in [-0.2, 0) is 22.4 Å². The van der Waals surface area contributed by atoms with Crippen molar-refractivity contribution in [1.82, 2.24) is 15.2 Å². The minimum atomic E-state index is -0.183. The van der Waals surface area contributed by atoms with Crippen LogP contribution in [0.3, 0.4) is 0 Å². The minimum absolute atomic E-state index is 0.0146. The highest BCUT2D eigenvalue weighted by Crippen LogP contribution is 2.32. The fourth-order valence-corrected chi connectivity index (χ4v) is 3.37. The molecular formula is C20H23N3O2. The summed E-state index contributed by atoms with van der Waals surface area (Å²) in [7, 11) is 0. The third kappa shape index (κ3) is 4.24. The van der Waals surface area contributed by atoms with Gasteiger partial charge in [-0.05, 0) is 29.7 Å². The Labute approximate surface area is 148 Å². The van der Waals surface area contributed by atoms with Crippen LogP contribution in [0.5, 0.6) is 0 Å². The van der Waals surface area contributed by atoms with Gasteiger partial charge in [0.2, 0.25) is 11.8 Å². The van der Waals surface area contributed by atoms with Crippen LogP contribution in [0.1, 0.15) is 36.2 Å². The number of carbonyl (C=O) groups is 2. The molecule has 1 N–H and O–H groups in total. The Morgan fingerprint density at radius 3 is 2.76 bits per heavy atom. The maximum absolute atomic E-state index is 12.4. The minimum Gasteiger partial charge on any atom is -0.356 e. The number of hydrogen-bond acceptors (Lipinski definition) is 3. The number of aromatic nitrogens is 1. The Morgan fingerprint density at radius 1 is 1.20 bits per heavy atom. The molecule has 2 heterocycles. The van der Waals surface area contributed by atoms with E-state index < -0.39 is 0 Å². The number of benzene rings is 1. The molecule has 1 aliphatic rings. The quantitative estimate of drug-likeness (QED) is 0.910. The Balaban J connectivity index is 1.63. The highest BCUT2D eigenvalue weighted by molar-refractivity contribution is 5.79. The number of carbonyl (C=O) groups excluding carboxylic acids is 2. The zero-order valence-electron chi connectivity index (χ0n) is 14.4. The first-order valence-corrected chi connectivity index (χ1v) is 8.67. The second kappa shape index (κ2) is 7.92. The van der Waals surface area contributed by atoms with Gasteiger partial charge < -0.3 is 10.2 Å². The molecule has 3 rings (SSSR count). The van der Waals surface area contributed by atoms with Crippen LogP contribution in [0, 0.1) is 0 Å². The molecule has 25 heavy (non-hydrogen) atoms. The summed E-state index contributed by atoms with van der Waals surface area (Å²) in [5.41, 5.74) is 3.27. The van der Waals surface area contributed by atoms with Crippen LogP contribution >= 0.6 is 0 Å². The zero-order valence-corrected chi connectivity index (χ0v) is 14.4. The van der Waals surface area contributed by atoms with Crippen LogP contribution < -0.4 is 5.32 Å². The summed E-state index contributed by atoms with van der Waals surface area (Å²) in [6.07, 6.45) is 3.58. The van der Waals surface area contributed by atoms with Crippen molar-refractivity contribution in [1.29, 1.82) is 0 Å². The lowest BCUT2D eigenvalue weighted by Crippen LogP contribution is -2.41. The molecule has 1 atom stereocenters. The summed E-state index contributed by atoms with van der Waals surface area (Å²) in [6, 6.07) is 13.7. The molecule has 0 spiro atoms. The first kappa shape index (κ1) is 17.1. The van der Waals surface area contributed by atoms with Crippen LogP contribution in [0.15, 0.2) is 48.7 Å². The molecule has 2 amide bonds. The lowest BCUT2D eigenvalue weighted by atomic mass is 9.90. The van der Waals surface area contributed by atoms with E-state index in [1.807, 2.05) is 36.4 Å². The van der Waals surface area contributed by atoms with E-state index in [-0.39, 0.29) is 17.9 Å². The molecule has 1 aromatic carbocycles. The number of nitrogens with zero attached hydrogens (tertiary/aromatic N) is 2. The Kier molecular flexibility index (Phi) is 5.43. The van der Waals surface area contributed by atoms with Gasteiger partial charge in [-0.25, -0.2) is 0 Å². The summed E-state index contributed by atoms with van der Waals surface area (Å²) in [5.74, 6) is -0.0235. The van der Waals surface area contributed by atoms with Crippen LogP contribution in [0.25, 0.3) is 0 Å². The molecule has 1 aliphatic heterocycles. The van der Waals surface area contributed by atoms with Gasteiger partial charge in [0.15, 0.2) is 0 Å². The maximum Gasteiger partial charge on any atom is 0.222 e. The van der Waals surface area contributed by atoms with Gasteiger partial charge in [0.25, 0.3) is 0 Å². The average Bonchev–Trinajstić information content (AvgIpc) is 2.62. The van der Waals surface area contributed by atoms with Gasteiger partial charge in [-0.15, -0.1) is 0 Å². The largest absolute Gasteiger partial charge is 0.356 e. The van der Waals surface area contributed by atoms with E-state index in [2.05, 4.69) is 16.4 Å². The molecule has 1 unspecified atom stereocenters. The Morgan fingerprint density at radius 2 is 2.00 bits per heavy atom. The van der Waals surface area contributed by atoms with Crippen molar-refractivity contribution in [2.75, 3.05) is 13.1 Å². The fourth-order valence-electron chi connectivity index (χ4n) is 3.37. The van der Waals surface area contributed by atoms with Crippen molar-refractivity contribution in [3.8, 4) is 0 Å². The van der Waals surface area contributed by atoms with Crippen molar-refractivity contribution >= 4 is 11.8 Å². The molecule has 2 aromatic rings. The summed E-state index contributed by atoms with van der Waals surface area (Å²) >= 11 is 0. The molecule has 5 nitrogen and oxygen atoms in total. The van der Waals surface area contributed by atoms with Crippen LogP contribution in [0.2, 0.25) is 0 Å². The van der Waals surface area contributed by atoms with E-state index in [1.54, 1.807) is 18.0 Å². The van der Waals surface area contributed by atoms with Gasteiger partial charge in [-0.3, -0.25) is 14.6 Å². The molecular weight excluding hydrogens is 314 g/mol. The Hall–Kier alpha value is -2.69. The zero-order chi connectivity index (χ0) is 17.6. The number of hydrogen-bond donors (Lipinski definition) is 1. The van der Waals surface area contributed by atoms with Crippen molar-refractivity contribution in [2.45, 2.75) is 32.2 Å². The van der Waals surface area contributed by atoms with E-state index in [0.717, 1.165) is 17.7 Å². The van der Waals surface area contributed by atoms with E-state index in [9.17, 15) is 9.59 Å². The van der Waals surface area contributed by atoms with Crippen molar-refractivity contribution in [3.63, 3.8) is 0 Å². The average molecular weight is 337 g/mol. The molecule has 0 fully saturated rings. The summed E-state index contributed by atoms with van der Waals surface area (Å²) in [4.78, 5) is 30.5. The lowest BCUT2D eigenvalue weighted by Gasteiger charge is -2.36. The van der Waals surface area contributed by atoms with Crippen molar-refractivity contribution in [2.24, 2.45) is 0 Å². The third-order valence-corrected chi connectivity index (χ3v) is 4.63. The molecule has 0 aliphatic carbocycles. The van der Waals surface area contributed by atoms with Gasteiger partial charge in [0.05, 0.1) is 12.5 Å². The topological polar surface area (TPSA) is 62.3 Å². The monoisotopic (exact) mass is 337 g/mol. The van der Waals surface area contributed by atoms with Gasteiger partial charge in [-0.2, -0.15) is 0 Å². The number of nitrogens with one attached hydrogen (secondary N) is 1. The molecule has 0 bridgehead atoms. The second-order valence-electron chi connectivity index (χ2n) is 6.30. The molecule has 130 valence electrons. The molecule has 0 radical (unpaired) electrons. The summed E-state index contributed by atoms with van der Waals surface area (Å²) < 4.78 is 0. The van der Waals surface area contributed by atoms with Crippen LogP contribution in [-0.4, -0.2) is 34.8 Å². The standard InChI is InChI=1S/C20H23N3O2/c1-15(24)23-13-10-16-6-2-3-8-18(16)19(23)14-20(25)22-12-9-17-7-4-5-11-21-17/h2-8,11,19H,9-10,12-14H2,1H3,(H,22,25). The second-order valence-corrected chi connectivity index (χ2v) is 6.30. The predicted octanol–water partition coefficient (Wildman–Crippen LogP) is 2.28. The third-order valence-electron chi connectivity index (χ3n) is 4.63. The summed E-state index contributed by atoms with van der Waals surface area (Å²) in [6.45, 7) is 2.78. The Bertz CT molecular complexity index is 746. The first-order chi connectivity index (χ1) is 12.1. The number of amides is 2. The highest BCUT2D eigenvalue weighted by atomic mass is 16.2. The number of rotatable bonds is 5. The summed E-state index contributed by atoms with van der Waals surface area (Å²) in [5, 5.41) is 2.95. The maximum atomic E-state index is 12.4. The molecule has 0 saturated heterocycles. The first-order valence-electron chi connectivity index (χ1n) is 8.67. The SMILES string of the molecule is CC(=O)N1CCc2ccccc2C1CC(=O)NCCc1ccccn1. The van der Waals surface area contributed by atoms with E-state index in [4.69, 9.17) is 0 Å².